The van der Waals surface area contributed by atoms with Gasteiger partial charge in [-0.1, -0.05) is 32.4 Å². The molecule has 1 aliphatic rings. The molecule has 118 valence electrons. The maximum atomic E-state index is 6.46. The van der Waals surface area contributed by atoms with Crippen LogP contribution in [0.25, 0.3) is 0 Å². The zero-order valence-electron chi connectivity index (χ0n) is 13.6. The second kappa shape index (κ2) is 7.43. The lowest BCUT2D eigenvalue weighted by Gasteiger charge is -2.40. The van der Waals surface area contributed by atoms with Crippen molar-refractivity contribution in [1.82, 2.24) is 15.2 Å². The van der Waals surface area contributed by atoms with Crippen molar-refractivity contribution in [2.45, 2.75) is 45.8 Å². The first-order chi connectivity index (χ1) is 10.0. The summed E-state index contributed by atoms with van der Waals surface area (Å²) in [7, 11) is 2.20. The summed E-state index contributed by atoms with van der Waals surface area (Å²) in [6.07, 6.45) is 3.09. The fraction of sp³-hybridized carbons (Fsp3) is 0.688. The van der Waals surface area contributed by atoms with Crippen molar-refractivity contribution in [2.75, 3.05) is 31.6 Å². The molecule has 21 heavy (non-hydrogen) atoms. The highest BCUT2D eigenvalue weighted by molar-refractivity contribution is 6.33. The van der Waals surface area contributed by atoms with Gasteiger partial charge in [0.05, 0.1) is 5.02 Å². The smallest absolute Gasteiger partial charge is 0.147 e. The van der Waals surface area contributed by atoms with Crippen LogP contribution in [0.1, 0.15) is 32.8 Å². The number of piperazine rings is 1. The van der Waals surface area contributed by atoms with Gasteiger partial charge in [0, 0.05) is 44.5 Å². The Bertz CT molecular complexity index is 464. The van der Waals surface area contributed by atoms with Gasteiger partial charge in [-0.05, 0) is 25.1 Å². The molecule has 1 aliphatic heterocycles. The summed E-state index contributed by atoms with van der Waals surface area (Å²) in [4.78, 5) is 9.35. The molecule has 0 aromatic carbocycles. The van der Waals surface area contributed by atoms with E-state index in [0.29, 0.717) is 12.1 Å². The van der Waals surface area contributed by atoms with E-state index in [4.69, 9.17) is 11.6 Å². The molecule has 1 aromatic rings. The Morgan fingerprint density at radius 1 is 1.43 bits per heavy atom. The molecule has 2 rings (SSSR count). The Labute approximate surface area is 133 Å². The number of halogens is 1. The predicted octanol–water partition coefficient (Wildman–Crippen LogP) is 2.76. The zero-order chi connectivity index (χ0) is 15.4. The fourth-order valence-electron chi connectivity index (χ4n) is 2.70. The van der Waals surface area contributed by atoms with Gasteiger partial charge in [0.15, 0.2) is 0 Å². The summed E-state index contributed by atoms with van der Waals surface area (Å²) in [6.45, 7) is 10.4. The topological polar surface area (TPSA) is 31.4 Å². The van der Waals surface area contributed by atoms with Crippen LogP contribution < -0.4 is 10.2 Å². The third-order valence-corrected chi connectivity index (χ3v) is 4.42. The molecule has 4 nitrogen and oxygen atoms in total. The largest absolute Gasteiger partial charge is 0.353 e. The minimum absolute atomic E-state index is 0.464. The van der Waals surface area contributed by atoms with Crippen molar-refractivity contribution >= 4 is 17.4 Å². The molecule has 1 fully saturated rings. The number of nitrogens with zero attached hydrogens (tertiary/aromatic N) is 3. The molecule has 1 atom stereocenters. The Balaban J connectivity index is 2.06. The number of hydrogen-bond donors (Lipinski definition) is 1. The summed E-state index contributed by atoms with van der Waals surface area (Å²) in [5.74, 6) is 0.927. The fourth-order valence-corrected chi connectivity index (χ4v) is 3.01. The van der Waals surface area contributed by atoms with Crippen LogP contribution in [-0.2, 0) is 6.54 Å². The van der Waals surface area contributed by atoms with Crippen LogP contribution in [0.2, 0.25) is 5.02 Å². The summed E-state index contributed by atoms with van der Waals surface area (Å²) in [5.41, 5.74) is 1.14. The maximum Gasteiger partial charge on any atom is 0.147 e. The van der Waals surface area contributed by atoms with E-state index in [1.807, 2.05) is 12.3 Å². The predicted molar refractivity (Wildman–Crippen MR) is 90.1 cm³/mol. The molecule has 0 spiro atoms. The summed E-state index contributed by atoms with van der Waals surface area (Å²) in [6, 6.07) is 3.09. The van der Waals surface area contributed by atoms with Crippen LogP contribution in [-0.4, -0.2) is 48.6 Å². The van der Waals surface area contributed by atoms with Gasteiger partial charge < -0.3 is 10.2 Å². The lowest BCUT2D eigenvalue weighted by atomic mass is 10.1. The van der Waals surface area contributed by atoms with Crippen molar-refractivity contribution in [3.63, 3.8) is 0 Å². The van der Waals surface area contributed by atoms with Crippen molar-refractivity contribution in [1.29, 1.82) is 0 Å². The average Bonchev–Trinajstić information content (AvgIpc) is 2.46. The zero-order valence-corrected chi connectivity index (χ0v) is 14.3. The van der Waals surface area contributed by atoms with Gasteiger partial charge in [0.1, 0.15) is 5.82 Å². The van der Waals surface area contributed by atoms with E-state index in [-0.39, 0.29) is 0 Å². The number of rotatable bonds is 5. The first-order valence-corrected chi connectivity index (χ1v) is 8.22. The molecule has 1 N–H and O–H groups in total. The standard InChI is InChI=1S/C16H27ClN4/c1-5-14-11-21(7-6-20(14)4)16-15(17)8-13(10-19-16)9-18-12(2)3/h8,10,12,14,18H,5-7,9,11H2,1-4H3. The number of hydrogen-bond acceptors (Lipinski definition) is 4. The second-order valence-corrected chi connectivity index (χ2v) is 6.58. The average molecular weight is 311 g/mol. The highest BCUT2D eigenvalue weighted by atomic mass is 35.5. The summed E-state index contributed by atoms with van der Waals surface area (Å²) >= 11 is 6.46. The van der Waals surface area contributed by atoms with E-state index in [9.17, 15) is 0 Å². The number of anilines is 1. The van der Waals surface area contributed by atoms with Crippen molar-refractivity contribution in [3.05, 3.63) is 22.8 Å². The molecule has 2 heterocycles. The monoisotopic (exact) mass is 310 g/mol. The highest BCUT2D eigenvalue weighted by Crippen LogP contribution is 2.26. The van der Waals surface area contributed by atoms with Gasteiger partial charge in [-0.25, -0.2) is 4.98 Å². The molecular weight excluding hydrogens is 284 g/mol. The molecule has 1 aromatic heterocycles. The third-order valence-electron chi connectivity index (χ3n) is 4.14. The first-order valence-electron chi connectivity index (χ1n) is 7.84. The normalized spacial score (nSPS) is 20.3. The van der Waals surface area contributed by atoms with Crippen molar-refractivity contribution in [2.24, 2.45) is 0 Å². The van der Waals surface area contributed by atoms with Crippen molar-refractivity contribution in [3.8, 4) is 0 Å². The first kappa shape index (κ1) is 16.5. The SMILES string of the molecule is CCC1CN(c2ncc(CNC(C)C)cc2Cl)CCN1C. The Hall–Kier alpha value is -0.840. The summed E-state index contributed by atoms with van der Waals surface area (Å²) < 4.78 is 0. The molecule has 5 heteroatoms. The number of pyridine rings is 1. The highest BCUT2D eigenvalue weighted by Gasteiger charge is 2.24. The van der Waals surface area contributed by atoms with E-state index < -0.39 is 0 Å². The minimum Gasteiger partial charge on any atom is -0.353 e. The van der Waals surface area contributed by atoms with E-state index in [0.717, 1.165) is 49.0 Å². The van der Waals surface area contributed by atoms with Gasteiger partial charge in [-0.2, -0.15) is 0 Å². The van der Waals surface area contributed by atoms with E-state index in [1.165, 1.54) is 0 Å². The van der Waals surface area contributed by atoms with Crippen LogP contribution in [0.4, 0.5) is 5.82 Å². The lowest BCUT2D eigenvalue weighted by Crippen LogP contribution is -2.51. The van der Waals surface area contributed by atoms with E-state index >= 15 is 0 Å². The Morgan fingerprint density at radius 2 is 2.19 bits per heavy atom. The molecular formula is C16H27ClN4. The van der Waals surface area contributed by atoms with Crippen molar-refractivity contribution < 1.29 is 0 Å². The molecule has 1 saturated heterocycles. The van der Waals surface area contributed by atoms with Gasteiger partial charge in [0.2, 0.25) is 0 Å². The molecule has 0 bridgehead atoms. The van der Waals surface area contributed by atoms with Gasteiger partial charge >= 0.3 is 0 Å². The Morgan fingerprint density at radius 3 is 2.81 bits per heavy atom. The van der Waals surface area contributed by atoms with Crippen LogP contribution in [0.5, 0.6) is 0 Å². The van der Waals surface area contributed by atoms with Crippen LogP contribution in [0.3, 0.4) is 0 Å². The van der Waals surface area contributed by atoms with E-state index in [2.05, 4.69) is 47.9 Å². The summed E-state index contributed by atoms with van der Waals surface area (Å²) in [5, 5.41) is 4.15. The molecule has 0 aliphatic carbocycles. The maximum absolute atomic E-state index is 6.46. The van der Waals surface area contributed by atoms with Gasteiger partial charge in [-0.3, -0.25) is 4.90 Å². The second-order valence-electron chi connectivity index (χ2n) is 6.17. The van der Waals surface area contributed by atoms with Gasteiger partial charge in [-0.15, -0.1) is 0 Å². The Kier molecular flexibility index (Phi) is 5.85. The quantitative estimate of drug-likeness (QED) is 0.906. The molecule has 0 saturated carbocycles. The lowest BCUT2D eigenvalue weighted by molar-refractivity contribution is 0.213. The third kappa shape index (κ3) is 4.31. The van der Waals surface area contributed by atoms with Gasteiger partial charge in [0.25, 0.3) is 0 Å². The van der Waals surface area contributed by atoms with Crippen LogP contribution in [0.15, 0.2) is 12.3 Å². The molecule has 1 unspecified atom stereocenters. The molecule has 0 radical (unpaired) electrons. The van der Waals surface area contributed by atoms with Crippen LogP contribution in [0, 0.1) is 0 Å². The minimum atomic E-state index is 0.464. The van der Waals surface area contributed by atoms with E-state index in [1.54, 1.807) is 0 Å². The molecule has 0 amide bonds. The number of aromatic nitrogens is 1. The van der Waals surface area contributed by atoms with Crippen LogP contribution >= 0.6 is 11.6 Å². The number of likely N-dealkylation sites (N-methyl/N-ethyl adjacent to an activating group) is 1. The number of nitrogens with one attached hydrogen (secondary N) is 1.